The van der Waals surface area contributed by atoms with E-state index in [1.165, 1.54) is 17.1 Å². The van der Waals surface area contributed by atoms with Gasteiger partial charge in [-0.3, -0.25) is 4.79 Å². The quantitative estimate of drug-likeness (QED) is 0.601. The fourth-order valence-corrected chi connectivity index (χ4v) is 6.35. The van der Waals surface area contributed by atoms with Gasteiger partial charge in [-0.15, -0.1) is 0 Å². The average molecular weight is 494 g/mol. The average Bonchev–Trinajstić information content (AvgIpc) is 3.67. The van der Waals surface area contributed by atoms with Crippen LogP contribution in [0.2, 0.25) is 10.0 Å². The molecular formula is C23H25Cl2N3O3S. The molecule has 0 radical (unpaired) electrons. The van der Waals surface area contributed by atoms with E-state index < -0.39 is 15.6 Å². The number of carbonyl (C=O) groups excluding carboxylic acids is 1. The summed E-state index contributed by atoms with van der Waals surface area (Å²) < 4.78 is 27.1. The van der Waals surface area contributed by atoms with Crippen molar-refractivity contribution in [2.45, 2.75) is 43.8 Å². The summed E-state index contributed by atoms with van der Waals surface area (Å²) in [5.74, 6) is -0.163. The number of hydrogen-bond donors (Lipinski definition) is 0. The van der Waals surface area contributed by atoms with Crippen LogP contribution in [0.25, 0.3) is 0 Å². The normalized spacial score (nSPS) is 19.8. The van der Waals surface area contributed by atoms with Crippen LogP contribution in [0.5, 0.6) is 0 Å². The molecule has 170 valence electrons. The third kappa shape index (κ3) is 3.89. The number of carbonyl (C=O) groups is 1. The second-order valence-electron chi connectivity index (χ2n) is 8.91. The smallest absolute Gasteiger partial charge is 0.248 e. The van der Waals surface area contributed by atoms with Crippen LogP contribution in [-0.4, -0.2) is 49.6 Å². The molecule has 0 atom stereocenters. The Morgan fingerprint density at radius 1 is 1.09 bits per heavy atom. The molecule has 32 heavy (non-hydrogen) atoms. The molecule has 1 aliphatic heterocycles. The minimum absolute atomic E-state index is 0.00759. The topological polar surface area (TPSA) is 60.9 Å². The van der Waals surface area contributed by atoms with Crippen LogP contribution in [0.3, 0.4) is 0 Å². The van der Waals surface area contributed by atoms with Gasteiger partial charge in [-0.2, -0.15) is 4.31 Å². The minimum Gasteiger partial charge on any atom is -0.365 e. The van der Waals surface area contributed by atoms with Crippen molar-refractivity contribution in [3.8, 4) is 0 Å². The molecule has 2 fully saturated rings. The SMILES string of the molecule is CS(=O)(=O)N(Cc1cc(Cl)ccc1Cl)C1(C(=O)N2CCN(C3CC3)c3ccccc32)CC1. The molecule has 2 saturated carbocycles. The lowest BCUT2D eigenvalue weighted by atomic mass is 10.1. The molecule has 0 spiro atoms. The molecule has 6 nitrogen and oxygen atoms in total. The van der Waals surface area contributed by atoms with E-state index in [-0.39, 0.29) is 12.5 Å². The first-order valence-corrected chi connectivity index (χ1v) is 13.4. The van der Waals surface area contributed by atoms with Crippen molar-refractivity contribution in [3.63, 3.8) is 0 Å². The maximum Gasteiger partial charge on any atom is 0.248 e. The Morgan fingerprint density at radius 3 is 2.41 bits per heavy atom. The van der Waals surface area contributed by atoms with Crippen molar-refractivity contribution >= 4 is 50.5 Å². The Labute approximate surface area is 198 Å². The first-order chi connectivity index (χ1) is 15.2. The number of fused-ring (bicyclic) bond motifs is 1. The Hall–Kier alpha value is -1.80. The fraction of sp³-hybridized carbons (Fsp3) is 0.435. The zero-order chi connectivity index (χ0) is 22.7. The van der Waals surface area contributed by atoms with Crippen molar-refractivity contribution in [2.24, 2.45) is 0 Å². The Balaban J connectivity index is 1.49. The summed E-state index contributed by atoms with van der Waals surface area (Å²) in [5.41, 5.74) is 1.40. The van der Waals surface area contributed by atoms with Crippen molar-refractivity contribution in [1.82, 2.24) is 4.31 Å². The fourth-order valence-electron chi connectivity index (χ4n) is 4.71. The molecule has 0 N–H and O–H groups in total. The van der Waals surface area contributed by atoms with Crippen molar-refractivity contribution in [2.75, 3.05) is 29.1 Å². The largest absolute Gasteiger partial charge is 0.365 e. The summed E-state index contributed by atoms with van der Waals surface area (Å²) in [6, 6.07) is 13.4. The lowest BCUT2D eigenvalue weighted by Crippen LogP contribution is -2.55. The number of hydrogen-bond acceptors (Lipinski definition) is 4. The highest BCUT2D eigenvalue weighted by Gasteiger charge is 2.60. The van der Waals surface area contributed by atoms with Crippen LogP contribution in [0.1, 0.15) is 31.2 Å². The van der Waals surface area contributed by atoms with Crippen LogP contribution in [0.15, 0.2) is 42.5 Å². The summed E-state index contributed by atoms with van der Waals surface area (Å²) in [6.45, 7) is 1.31. The number of rotatable bonds is 6. The molecule has 2 aliphatic carbocycles. The van der Waals surface area contributed by atoms with Crippen molar-refractivity contribution in [1.29, 1.82) is 0 Å². The molecule has 2 aromatic rings. The van der Waals surface area contributed by atoms with Gasteiger partial charge in [-0.05, 0) is 61.6 Å². The van der Waals surface area contributed by atoms with E-state index in [0.717, 1.165) is 24.2 Å². The van der Waals surface area contributed by atoms with Gasteiger partial charge >= 0.3 is 0 Å². The van der Waals surface area contributed by atoms with Crippen molar-refractivity contribution in [3.05, 3.63) is 58.1 Å². The van der Waals surface area contributed by atoms with Gasteiger partial charge in [0.2, 0.25) is 15.9 Å². The van der Waals surface area contributed by atoms with E-state index in [0.29, 0.717) is 41.0 Å². The number of nitrogens with zero attached hydrogens (tertiary/aromatic N) is 3. The molecule has 5 rings (SSSR count). The standard InChI is InChI=1S/C23H25Cl2N3O3S/c1-32(30,31)28(15-16-14-17(24)6-9-19(16)25)23(10-11-23)22(29)27-13-12-26(18-7-8-18)20-4-2-3-5-21(20)27/h2-6,9,14,18H,7-8,10-13,15H2,1H3. The van der Waals surface area contributed by atoms with E-state index in [4.69, 9.17) is 23.2 Å². The lowest BCUT2D eigenvalue weighted by Gasteiger charge is -2.41. The van der Waals surface area contributed by atoms with Crippen LogP contribution >= 0.6 is 23.2 Å². The molecule has 0 unspecified atom stereocenters. The van der Waals surface area contributed by atoms with Gasteiger partial charge in [0.05, 0.1) is 17.6 Å². The van der Waals surface area contributed by atoms with E-state index in [1.54, 1.807) is 23.1 Å². The van der Waals surface area contributed by atoms with Crippen LogP contribution in [-0.2, 0) is 21.4 Å². The first kappa shape index (κ1) is 22.0. The van der Waals surface area contributed by atoms with E-state index in [2.05, 4.69) is 4.90 Å². The summed E-state index contributed by atoms with van der Waals surface area (Å²) in [5, 5.41) is 0.897. The molecular weight excluding hydrogens is 469 g/mol. The monoisotopic (exact) mass is 493 g/mol. The number of benzene rings is 2. The predicted octanol–water partition coefficient (Wildman–Crippen LogP) is 4.30. The number of halogens is 2. The van der Waals surface area contributed by atoms with Crippen molar-refractivity contribution < 1.29 is 13.2 Å². The lowest BCUT2D eigenvalue weighted by molar-refractivity contribution is -0.123. The third-order valence-corrected chi connectivity index (χ3v) is 8.48. The number of para-hydroxylation sites is 2. The number of amides is 1. The summed E-state index contributed by atoms with van der Waals surface area (Å²) >= 11 is 12.4. The maximum atomic E-state index is 13.9. The van der Waals surface area contributed by atoms with Gasteiger partial charge in [0.15, 0.2) is 0 Å². The summed E-state index contributed by atoms with van der Waals surface area (Å²) in [4.78, 5) is 18.1. The van der Waals surface area contributed by atoms with Gasteiger partial charge < -0.3 is 9.80 Å². The van der Waals surface area contributed by atoms with E-state index in [1.807, 2.05) is 24.3 Å². The molecule has 0 bridgehead atoms. The molecule has 3 aliphatic rings. The molecule has 0 aromatic heterocycles. The van der Waals surface area contributed by atoms with Gasteiger partial charge in [0.1, 0.15) is 5.54 Å². The molecule has 1 heterocycles. The Kier molecular flexibility index (Phi) is 5.44. The van der Waals surface area contributed by atoms with Gasteiger partial charge in [0.25, 0.3) is 0 Å². The number of anilines is 2. The highest BCUT2D eigenvalue weighted by atomic mass is 35.5. The highest BCUT2D eigenvalue weighted by molar-refractivity contribution is 7.88. The Morgan fingerprint density at radius 2 is 1.78 bits per heavy atom. The van der Waals surface area contributed by atoms with Gasteiger partial charge in [-0.1, -0.05) is 35.3 Å². The molecule has 2 aromatic carbocycles. The van der Waals surface area contributed by atoms with Crippen LogP contribution in [0, 0.1) is 0 Å². The zero-order valence-electron chi connectivity index (χ0n) is 17.8. The molecule has 1 amide bonds. The molecule has 0 saturated heterocycles. The Bertz CT molecular complexity index is 1180. The first-order valence-electron chi connectivity index (χ1n) is 10.8. The molecule has 9 heteroatoms. The summed E-state index contributed by atoms with van der Waals surface area (Å²) in [7, 11) is -3.69. The third-order valence-electron chi connectivity index (χ3n) is 6.60. The second kappa shape index (κ2) is 7.90. The van der Waals surface area contributed by atoms with Gasteiger partial charge in [0, 0.05) is 35.7 Å². The number of sulfonamides is 1. The van der Waals surface area contributed by atoms with E-state index >= 15 is 0 Å². The highest BCUT2D eigenvalue weighted by Crippen LogP contribution is 2.48. The predicted molar refractivity (Wildman–Crippen MR) is 128 cm³/mol. The van der Waals surface area contributed by atoms with E-state index in [9.17, 15) is 13.2 Å². The van der Waals surface area contributed by atoms with Gasteiger partial charge in [-0.25, -0.2) is 8.42 Å². The van der Waals surface area contributed by atoms with Crippen LogP contribution in [0.4, 0.5) is 11.4 Å². The second-order valence-corrected chi connectivity index (χ2v) is 11.7. The minimum atomic E-state index is -3.69. The summed E-state index contributed by atoms with van der Waals surface area (Å²) in [6.07, 6.45) is 4.48. The zero-order valence-corrected chi connectivity index (χ0v) is 20.1. The maximum absolute atomic E-state index is 13.9. The van der Waals surface area contributed by atoms with Crippen LogP contribution < -0.4 is 9.80 Å².